The smallest absolute Gasteiger partial charge is 0.0898 e. The highest BCUT2D eigenvalue weighted by Gasteiger charge is 2.24. The molecule has 14 heavy (non-hydrogen) atoms. The van der Waals surface area contributed by atoms with Crippen molar-refractivity contribution in [1.82, 2.24) is 4.90 Å². The molecule has 0 N–H and O–H groups in total. The number of thioether (sulfide) groups is 2. The van der Waals surface area contributed by atoms with Gasteiger partial charge in [0, 0.05) is 18.8 Å². The van der Waals surface area contributed by atoms with Gasteiger partial charge in [0.2, 0.25) is 0 Å². The lowest BCUT2D eigenvalue weighted by Gasteiger charge is -2.35. The third-order valence-electron chi connectivity index (χ3n) is 2.74. The van der Waals surface area contributed by atoms with Crippen molar-refractivity contribution in [3.63, 3.8) is 0 Å². The number of allylic oxidation sites excluding steroid dienone is 2. The first-order valence-electron chi connectivity index (χ1n) is 5.13. The Balaban J connectivity index is 2.08. The maximum Gasteiger partial charge on any atom is 0.0898 e. The van der Waals surface area contributed by atoms with Gasteiger partial charge in [-0.3, -0.25) is 0 Å². The molecule has 3 heteroatoms. The van der Waals surface area contributed by atoms with E-state index in [1.807, 2.05) is 0 Å². The molecular formula is C11H17NS2. The summed E-state index contributed by atoms with van der Waals surface area (Å²) in [7, 11) is 2.20. The molecule has 0 amide bonds. The lowest BCUT2D eigenvalue weighted by Crippen LogP contribution is -2.33. The van der Waals surface area contributed by atoms with Crippen molar-refractivity contribution in [1.29, 1.82) is 0 Å². The van der Waals surface area contributed by atoms with Gasteiger partial charge in [0.1, 0.15) is 0 Å². The van der Waals surface area contributed by atoms with Crippen LogP contribution in [-0.2, 0) is 0 Å². The number of hydrogen-bond donors (Lipinski definition) is 0. The molecule has 0 saturated carbocycles. The van der Waals surface area contributed by atoms with Crippen molar-refractivity contribution in [3.8, 4) is 0 Å². The summed E-state index contributed by atoms with van der Waals surface area (Å²) in [5.41, 5.74) is 1.50. The summed E-state index contributed by atoms with van der Waals surface area (Å²) in [6, 6.07) is 0.554. The minimum Gasteiger partial charge on any atom is -0.370 e. The lowest BCUT2D eigenvalue weighted by molar-refractivity contribution is 0.367. The van der Waals surface area contributed by atoms with Crippen LogP contribution in [-0.4, -0.2) is 34.1 Å². The van der Waals surface area contributed by atoms with Gasteiger partial charge in [-0.15, -0.1) is 23.5 Å². The molecule has 0 bridgehead atoms. The zero-order chi connectivity index (χ0) is 9.97. The highest BCUT2D eigenvalue weighted by Crippen LogP contribution is 2.38. The van der Waals surface area contributed by atoms with Crippen LogP contribution in [0, 0.1) is 0 Å². The molecule has 2 rings (SSSR count). The van der Waals surface area contributed by atoms with Crippen molar-refractivity contribution in [2.75, 3.05) is 18.6 Å². The predicted octanol–water partition coefficient (Wildman–Crippen LogP) is 2.96. The van der Waals surface area contributed by atoms with Crippen molar-refractivity contribution in [3.05, 3.63) is 23.9 Å². The largest absolute Gasteiger partial charge is 0.370 e. The Hall–Kier alpha value is -0.0200. The normalized spacial score (nSPS) is 29.1. The highest BCUT2D eigenvalue weighted by molar-refractivity contribution is 8.17. The fourth-order valence-corrected chi connectivity index (χ4v) is 4.73. The van der Waals surface area contributed by atoms with Crippen LogP contribution in [0.25, 0.3) is 0 Å². The molecule has 0 aliphatic carbocycles. The molecule has 1 unspecified atom stereocenters. The molecule has 78 valence electrons. The summed E-state index contributed by atoms with van der Waals surface area (Å²) in [5, 5.41) is 0. The Morgan fingerprint density at radius 2 is 2.07 bits per heavy atom. The number of nitrogens with zero attached hydrogens (tertiary/aromatic N) is 1. The van der Waals surface area contributed by atoms with Crippen LogP contribution in [0.4, 0.5) is 0 Å². The van der Waals surface area contributed by atoms with E-state index in [2.05, 4.69) is 60.6 Å². The molecule has 0 spiro atoms. The van der Waals surface area contributed by atoms with E-state index < -0.39 is 0 Å². The molecule has 2 aliphatic heterocycles. The third kappa shape index (κ3) is 2.14. The molecule has 1 saturated heterocycles. The summed E-state index contributed by atoms with van der Waals surface area (Å²) in [6.45, 7) is 2.25. The summed E-state index contributed by atoms with van der Waals surface area (Å²) in [5.74, 6) is 2.64. The van der Waals surface area contributed by atoms with E-state index in [1.54, 1.807) is 0 Å². The molecule has 1 nitrogen and oxygen atoms in total. The molecule has 0 aromatic heterocycles. The zero-order valence-electron chi connectivity index (χ0n) is 8.77. The summed E-state index contributed by atoms with van der Waals surface area (Å²) >= 11 is 4.19. The molecular weight excluding hydrogens is 210 g/mol. The third-order valence-corrected chi connectivity index (χ3v) is 5.70. The van der Waals surface area contributed by atoms with Gasteiger partial charge in [-0.2, -0.15) is 0 Å². The number of hydrogen-bond acceptors (Lipinski definition) is 3. The van der Waals surface area contributed by atoms with Crippen molar-refractivity contribution < 1.29 is 0 Å². The van der Waals surface area contributed by atoms with Crippen molar-refractivity contribution in [2.24, 2.45) is 0 Å². The van der Waals surface area contributed by atoms with Crippen LogP contribution in [0.3, 0.4) is 0 Å². The monoisotopic (exact) mass is 227 g/mol. The van der Waals surface area contributed by atoms with Gasteiger partial charge >= 0.3 is 0 Å². The minimum absolute atomic E-state index is 0.554. The van der Waals surface area contributed by atoms with Crippen molar-refractivity contribution >= 4 is 23.5 Å². The van der Waals surface area contributed by atoms with Gasteiger partial charge in [-0.25, -0.2) is 0 Å². The van der Waals surface area contributed by atoms with E-state index in [4.69, 9.17) is 0 Å². The predicted molar refractivity (Wildman–Crippen MR) is 67.8 cm³/mol. The molecule has 2 heterocycles. The second-order valence-corrected chi connectivity index (χ2v) is 6.48. The topological polar surface area (TPSA) is 3.24 Å². The Labute approximate surface area is 95.0 Å². The molecule has 1 fully saturated rings. The minimum atomic E-state index is 0.554. The Morgan fingerprint density at radius 1 is 1.36 bits per heavy atom. The van der Waals surface area contributed by atoms with Gasteiger partial charge < -0.3 is 4.90 Å². The second-order valence-electron chi connectivity index (χ2n) is 3.76. The fourth-order valence-electron chi connectivity index (χ4n) is 1.70. The lowest BCUT2D eigenvalue weighted by atomic mass is 10.2. The van der Waals surface area contributed by atoms with E-state index in [-0.39, 0.29) is 0 Å². The maximum atomic E-state index is 2.40. The standard InChI is InChI=1S/C11H17NS2/c1-9-5-3-6-10(12(9)2)11-13-7-4-8-14-11/h3,5-6,9,11H,4,7-8H2,1-2H3. The van der Waals surface area contributed by atoms with Crippen LogP contribution in [0.5, 0.6) is 0 Å². The van der Waals surface area contributed by atoms with Crippen LogP contribution >= 0.6 is 23.5 Å². The Morgan fingerprint density at radius 3 is 2.79 bits per heavy atom. The van der Waals surface area contributed by atoms with Crippen LogP contribution < -0.4 is 0 Å². The second kappa shape index (κ2) is 4.67. The van der Waals surface area contributed by atoms with Gasteiger partial charge in [0.25, 0.3) is 0 Å². The quantitative estimate of drug-likeness (QED) is 0.678. The molecule has 0 aromatic carbocycles. The number of rotatable bonds is 1. The Bertz CT molecular complexity index is 254. The van der Waals surface area contributed by atoms with Crippen LogP contribution in [0.2, 0.25) is 0 Å². The first-order valence-corrected chi connectivity index (χ1v) is 7.23. The molecule has 0 aromatic rings. The molecule has 2 aliphatic rings. The average Bonchev–Trinajstić information content (AvgIpc) is 2.23. The first kappa shape index (κ1) is 10.5. The number of likely N-dealkylation sites (N-methyl/N-ethyl adjacent to an activating group) is 1. The van der Waals surface area contributed by atoms with E-state index >= 15 is 0 Å². The zero-order valence-corrected chi connectivity index (χ0v) is 10.4. The maximum absolute atomic E-state index is 2.40. The fraction of sp³-hybridized carbons (Fsp3) is 0.636. The van der Waals surface area contributed by atoms with Gasteiger partial charge in [-0.05, 0) is 30.9 Å². The average molecular weight is 227 g/mol. The van der Waals surface area contributed by atoms with Gasteiger partial charge in [-0.1, -0.05) is 12.2 Å². The summed E-state index contributed by atoms with van der Waals surface area (Å²) in [6.07, 6.45) is 8.10. The first-order chi connectivity index (χ1) is 6.79. The summed E-state index contributed by atoms with van der Waals surface area (Å²) < 4.78 is 0.668. The molecule has 0 radical (unpaired) electrons. The van der Waals surface area contributed by atoms with Gasteiger partial charge in [0.15, 0.2) is 0 Å². The van der Waals surface area contributed by atoms with Crippen LogP contribution in [0.1, 0.15) is 13.3 Å². The van der Waals surface area contributed by atoms with E-state index in [9.17, 15) is 0 Å². The van der Waals surface area contributed by atoms with E-state index in [0.717, 1.165) is 0 Å². The summed E-state index contributed by atoms with van der Waals surface area (Å²) in [4.78, 5) is 2.40. The SMILES string of the molecule is CC1C=CC=C(C2SCCCS2)N1C. The van der Waals surface area contributed by atoms with Crippen molar-refractivity contribution in [2.45, 2.75) is 24.0 Å². The van der Waals surface area contributed by atoms with E-state index in [0.29, 0.717) is 10.6 Å². The molecule has 1 atom stereocenters. The Kier molecular flexibility index (Phi) is 3.50. The van der Waals surface area contributed by atoms with E-state index in [1.165, 1.54) is 23.6 Å². The van der Waals surface area contributed by atoms with Crippen LogP contribution in [0.15, 0.2) is 23.9 Å². The highest BCUT2D eigenvalue weighted by atomic mass is 32.2. The van der Waals surface area contributed by atoms with Gasteiger partial charge in [0.05, 0.1) is 4.58 Å².